The zero-order chi connectivity index (χ0) is 13.0. The maximum Gasteiger partial charge on any atom is 0.0444 e. The SMILES string of the molecule is NCCC(c1ccc(Cl)cc1)c1ccccc1Cl. The zero-order valence-corrected chi connectivity index (χ0v) is 11.5. The highest BCUT2D eigenvalue weighted by Crippen LogP contribution is 2.32. The molecule has 2 rings (SSSR count). The van der Waals surface area contributed by atoms with Crippen molar-refractivity contribution in [1.29, 1.82) is 0 Å². The van der Waals surface area contributed by atoms with Gasteiger partial charge in [0.15, 0.2) is 0 Å². The van der Waals surface area contributed by atoms with E-state index >= 15 is 0 Å². The molecule has 94 valence electrons. The van der Waals surface area contributed by atoms with Crippen LogP contribution in [0.5, 0.6) is 0 Å². The smallest absolute Gasteiger partial charge is 0.0444 e. The van der Waals surface area contributed by atoms with Crippen molar-refractivity contribution in [3.8, 4) is 0 Å². The van der Waals surface area contributed by atoms with Crippen LogP contribution in [0.3, 0.4) is 0 Å². The van der Waals surface area contributed by atoms with Crippen molar-refractivity contribution in [3.63, 3.8) is 0 Å². The molecule has 0 spiro atoms. The molecule has 0 bridgehead atoms. The average Bonchev–Trinajstić information content (AvgIpc) is 2.38. The summed E-state index contributed by atoms with van der Waals surface area (Å²) < 4.78 is 0. The molecule has 3 heteroatoms. The highest BCUT2D eigenvalue weighted by atomic mass is 35.5. The number of hydrogen-bond acceptors (Lipinski definition) is 1. The summed E-state index contributed by atoms with van der Waals surface area (Å²) in [5.41, 5.74) is 8.03. The second-order valence-corrected chi connectivity index (χ2v) is 5.05. The fraction of sp³-hybridized carbons (Fsp3) is 0.200. The van der Waals surface area contributed by atoms with Crippen LogP contribution in [0.4, 0.5) is 0 Å². The topological polar surface area (TPSA) is 26.0 Å². The van der Waals surface area contributed by atoms with E-state index in [9.17, 15) is 0 Å². The van der Waals surface area contributed by atoms with Crippen LogP contribution in [0.2, 0.25) is 10.0 Å². The maximum absolute atomic E-state index is 6.27. The molecule has 2 aromatic rings. The van der Waals surface area contributed by atoms with Gasteiger partial charge in [0.05, 0.1) is 0 Å². The van der Waals surface area contributed by atoms with Crippen molar-refractivity contribution in [2.24, 2.45) is 5.73 Å². The molecule has 1 atom stereocenters. The lowest BCUT2D eigenvalue weighted by molar-refractivity contribution is 0.726. The molecule has 0 amide bonds. The summed E-state index contributed by atoms with van der Waals surface area (Å²) in [4.78, 5) is 0. The number of rotatable bonds is 4. The molecular weight excluding hydrogens is 265 g/mol. The summed E-state index contributed by atoms with van der Waals surface area (Å²) in [7, 11) is 0. The van der Waals surface area contributed by atoms with Gasteiger partial charge in [-0.15, -0.1) is 0 Å². The van der Waals surface area contributed by atoms with Crippen molar-refractivity contribution in [1.82, 2.24) is 0 Å². The first-order valence-corrected chi connectivity index (χ1v) is 6.68. The Morgan fingerprint density at radius 3 is 2.22 bits per heavy atom. The zero-order valence-electron chi connectivity index (χ0n) is 9.94. The van der Waals surface area contributed by atoms with Gasteiger partial charge in [-0.05, 0) is 42.3 Å². The predicted octanol–water partition coefficient (Wildman–Crippen LogP) is 4.47. The second-order valence-electron chi connectivity index (χ2n) is 4.20. The first-order valence-electron chi connectivity index (χ1n) is 5.92. The van der Waals surface area contributed by atoms with Crippen molar-refractivity contribution in [3.05, 3.63) is 69.7 Å². The van der Waals surface area contributed by atoms with E-state index in [1.807, 2.05) is 42.5 Å². The van der Waals surface area contributed by atoms with E-state index in [4.69, 9.17) is 28.9 Å². The van der Waals surface area contributed by atoms with Crippen LogP contribution in [-0.4, -0.2) is 6.54 Å². The van der Waals surface area contributed by atoms with Gasteiger partial charge < -0.3 is 5.73 Å². The van der Waals surface area contributed by atoms with Crippen LogP contribution in [0, 0.1) is 0 Å². The third-order valence-corrected chi connectivity index (χ3v) is 3.60. The molecule has 0 saturated heterocycles. The van der Waals surface area contributed by atoms with Crippen molar-refractivity contribution < 1.29 is 0 Å². The highest BCUT2D eigenvalue weighted by molar-refractivity contribution is 6.31. The Bertz CT molecular complexity index is 508. The monoisotopic (exact) mass is 279 g/mol. The Morgan fingerprint density at radius 1 is 0.944 bits per heavy atom. The van der Waals surface area contributed by atoms with Crippen molar-refractivity contribution in [2.45, 2.75) is 12.3 Å². The summed E-state index contributed by atoms with van der Waals surface area (Å²) in [5.74, 6) is 0.223. The summed E-state index contributed by atoms with van der Waals surface area (Å²) in [6, 6.07) is 15.8. The van der Waals surface area contributed by atoms with Gasteiger partial charge in [0.1, 0.15) is 0 Å². The van der Waals surface area contributed by atoms with E-state index in [1.165, 1.54) is 5.56 Å². The Kier molecular flexibility index (Phi) is 4.65. The van der Waals surface area contributed by atoms with Crippen LogP contribution in [-0.2, 0) is 0 Å². The van der Waals surface area contributed by atoms with Crippen LogP contribution in [0.1, 0.15) is 23.5 Å². The van der Waals surface area contributed by atoms with Crippen LogP contribution < -0.4 is 5.73 Å². The Hall–Kier alpha value is -1.02. The summed E-state index contributed by atoms with van der Waals surface area (Å²) in [6.07, 6.45) is 0.866. The van der Waals surface area contributed by atoms with Crippen LogP contribution in [0.15, 0.2) is 48.5 Å². The van der Waals surface area contributed by atoms with Gasteiger partial charge in [-0.2, -0.15) is 0 Å². The number of halogens is 2. The Morgan fingerprint density at radius 2 is 1.61 bits per heavy atom. The molecule has 2 N–H and O–H groups in total. The molecule has 0 aliphatic carbocycles. The second kappa shape index (κ2) is 6.24. The lowest BCUT2D eigenvalue weighted by atomic mass is 9.88. The minimum atomic E-state index is 0.223. The van der Waals surface area contributed by atoms with E-state index < -0.39 is 0 Å². The van der Waals surface area contributed by atoms with Gasteiger partial charge in [0.2, 0.25) is 0 Å². The quantitative estimate of drug-likeness (QED) is 0.878. The largest absolute Gasteiger partial charge is 0.330 e. The lowest BCUT2D eigenvalue weighted by Gasteiger charge is -2.18. The maximum atomic E-state index is 6.27. The number of hydrogen-bond donors (Lipinski definition) is 1. The minimum Gasteiger partial charge on any atom is -0.330 e. The summed E-state index contributed by atoms with van der Waals surface area (Å²) in [5, 5.41) is 1.52. The molecule has 0 aliphatic rings. The third kappa shape index (κ3) is 3.05. The average molecular weight is 280 g/mol. The molecule has 0 aliphatic heterocycles. The number of benzene rings is 2. The van der Waals surface area contributed by atoms with Crippen molar-refractivity contribution >= 4 is 23.2 Å². The molecule has 0 fully saturated rings. The molecule has 0 heterocycles. The van der Waals surface area contributed by atoms with Gasteiger partial charge >= 0.3 is 0 Å². The van der Waals surface area contributed by atoms with E-state index in [-0.39, 0.29) is 5.92 Å². The molecular formula is C15H15Cl2N. The summed E-state index contributed by atoms with van der Waals surface area (Å²) in [6.45, 7) is 0.624. The van der Waals surface area contributed by atoms with Gasteiger partial charge in [0, 0.05) is 16.0 Å². The first kappa shape index (κ1) is 13.4. The summed E-state index contributed by atoms with van der Waals surface area (Å²) >= 11 is 12.2. The molecule has 0 aromatic heterocycles. The van der Waals surface area contributed by atoms with Gasteiger partial charge in [-0.1, -0.05) is 53.5 Å². The Balaban J connectivity index is 2.40. The van der Waals surface area contributed by atoms with E-state index in [1.54, 1.807) is 0 Å². The molecule has 2 aromatic carbocycles. The van der Waals surface area contributed by atoms with E-state index in [2.05, 4.69) is 6.07 Å². The molecule has 1 nitrogen and oxygen atoms in total. The normalized spacial score (nSPS) is 12.4. The Labute approximate surface area is 118 Å². The van der Waals surface area contributed by atoms with Gasteiger partial charge in [-0.25, -0.2) is 0 Å². The van der Waals surface area contributed by atoms with E-state index in [0.29, 0.717) is 6.54 Å². The molecule has 18 heavy (non-hydrogen) atoms. The minimum absolute atomic E-state index is 0.223. The van der Waals surface area contributed by atoms with Crippen LogP contribution in [0.25, 0.3) is 0 Å². The fourth-order valence-corrected chi connectivity index (χ4v) is 2.51. The third-order valence-electron chi connectivity index (χ3n) is 3.01. The lowest BCUT2D eigenvalue weighted by Crippen LogP contribution is -2.09. The molecule has 1 unspecified atom stereocenters. The van der Waals surface area contributed by atoms with Gasteiger partial charge in [-0.3, -0.25) is 0 Å². The van der Waals surface area contributed by atoms with Crippen molar-refractivity contribution in [2.75, 3.05) is 6.54 Å². The highest BCUT2D eigenvalue weighted by Gasteiger charge is 2.15. The standard InChI is InChI=1S/C15H15Cl2N/c16-12-7-5-11(6-8-12)13(9-10-18)14-3-1-2-4-15(14)17/h1-8,13H,9-10,18H2. The van der Waals surface area contributed by atoms with Gasteiger partial charge in [0.25, 0.3) is 0 Å². The predicted molar refractivity (Wildman–Crippen MR) is 78.4 cm³/mol. The first-order chi connectivity index (χ1) is 8.72. The molecule has 0 radical (unpaired) electrons. The van der Waals surface area contributed by atoms with E-state index in [0.717, 1.165) is 22.0 Å². The number of nitrogens with two attached hydrogens (primary N) is 1. The van der Waals surface area contributed by atoms with Crippen LogP contribution >= 0.6 is 23.2 Å². The molecule has 0 saturated carbocycles. The fourth-order valence-electron chi connectivity index (χ4n) is 2.12.